The number of halogens is 2. The molecule has 0 unspecified atom stereocenters. The van der Waals surface area contributed by atoms with E-state index in [2.05, 4.69) is 9.83 Å². The molecule has 3 rings (SSSR count). The zero-order valence-corrected chi connectivity index (χ0v) is 17.1. The quantitative estimate of drug-likeness (QED) is 0.681. The first-order valence-corrected chi connectivity index (χ1v) is 9.82. The van der Waals surface area contributed by atoms with E-state index in [1.807, 2.05) is 0 Å². The highest BCUT2D eigenvalue weighted by Gasteiger charge is 2.50. The number of β-amino-alcohol motifs (C(OH)–C–C–N with tert-alkyl or cyclic N) is 1. The van der Waals surface area contributed by atoms with Crippen molar-refractivity contribution in [3.63, 3.8) is 0 Å². The van der Waals surface area contributed by atoms with Crippen LogP contribution in [0, 0.1) is 19.3 Å². The first-order chi connectivity index (χ1) is 13.2. The molecule has 0 amide bonds. The number of benzene rings is 1. The van der Waals surface area contributed by atoms with Gasteiger partial charge in [0.1, 0.15) is 23.3 Å². The summed E-state index contributed by atoms with van der Waals surface area (Å²) in [5.41, 5.74) is 4.66. The number of ether oxygens (including phenoxy) is 1. The van der Waals surface area contributed by atoms with Gasteiger partial charge in [0.05, 0.1) is 13.1 Å². The SMILES string of the molecule is Cl.[C-]#[N+]c1ccc(O[C@H]2CN(S(=O)(=O)c3ccc(C)cn3)C[C@@]2(O)CN)cc1F. The van der Waals surface area contributed by atoms with Crippen LogP contribution in [0.15, 0.2) is 41.6 Å². The van der Waals surface area contributed by atoms with E-state index in [-0.39, 0.29) is 48.5 Å². The van der Waals surface area contributed by atoms with Crippen molar-refractivity contribution in [1.82, 2.24) is 9.29 Å². The minimum absolute atomic E-state index is 0. The molecule has 1 aliphatic heterocycles. The minimum atomic E-state index is -3.97. The van der Waals surface area contributed by atoms with Crippen molar-refractivity contribution in [2.45, 2.75) is 23.7 Å². The molecule has 0 radical (unpaired) electrons. The largest absolute Gasteiger partial charge is 0.486 e. The Balaban J connectivity index is 0.00000300. The van der Waals surface area contributed by atoms with E-state index in [4.69, 9.17) is 17.0 Å². The number of nitrogens with two attached hydrogens (primary N) is 1. The summed E-state index contributed by atoms with van der Waals surface area (Å²) < 4.78 is 46.2. The van der Waals surface area contributed by atoms with Crippen molar-refractivity contribution < 1.29 is 22.7 Å². The summed E-state index contributed by atoms with van der Waals surface area (Å²) in [5, 5.41) is 10.6. The summed E-state index contributed by atoms with van der Waals surface area (Å²) in [4.78, 5) is 6.97. The predicted octanol–water partition coefficient (Wildman–Crippen LogP) is 1.64. The normalized spacial score (nSPS) is 22.0. The van der Waals surface area contributed by atoms with E-state index < -0.39 is 27.5 Å². The molecule has 2 aromatic rings. The summed E-state index contributed by atoms with van der Waals surface area (Å²) in [7, 11) is -3.97. The van der Waals surface area contributed by atoms with Gasteiger partial charge in [0, 0.05) is 25.4 Å². The van der Waals surface area contributed by atoms with E-state index in [1.54, 1.807) is 13.0 Å². The Morgan fingerprint density at radius 3 is 2.72 bits per heavy atom. The van der Waals surface area contributed by atoms with Gasteiger partial charge in [0.15, 0.2) is 5.03 Å². The molecule has 3 N–H and O–H groups in total. The number of hydrogen-bond donors (Lipinski definition) is 2. The molecule has 8 nitrogen and oxygen atoms in total. The van der Waals surface area contributed by atoms with Crippen molar-refractivity contribution in [2.24, 2.45) is 5.73 Å². The molecule has 11 heteroatoms. The van der Waals surface area contributed by atoms with E-state index in [1.165, 1.54) is 24.4 Å². The number of aromatic nitrogens is 1. The molecule has 29 heavy (non-hydrogen) atoms. The van der Waals surface area contributed by atoms with Crippen LogP contribution in [0.3, 0.4) is 0 Å². The number of aliphatic hydroxyl groups is 1. The van der Waals surface area contributed by atoms with Crippen molar-refractivity contribution >= 4 is 28.1 Å². The monoisotopic (exact) mass is 442 g/mol. The van der Waals surface area contributed by atoms with E-state index >= 15 is 0 Å². The minimum Gasteiger partial charge on any atom is -0.486 e. The fourth-order valence-electron chi connectivity index (χ4n) is 2.91. The van der Waals surface area contributed by atoms with Gasteiger partial charge in [0.2, 0.25) is 5.69 Å². The first-order valence-electron chi connectivity index (χ1n) is 8.38. The van der Waals surface area contributed by atoms with Gasteiger partial charge >= 0.3 is 0 Å². The second-order valence-electron chi connectivity index (χ2n) is 6.61. The van der Waals surface area contributed by atoms with E-state index in [9.17, 15) is 17.9 Å². The molecule has 0 bridgehead atoms. The molecule has 2 heterocycles. The Hall–Kier alpha value is -2.29. The fourth-order valence-corrected chi connectivity index (χ4v) is 4.32. The van der Waals surface area contributed by atoms with Gasteiger partial charge in [-0.15, -0.1) is 12.4 Å². The molecule has 156 valence electrons. The van der Waals surface area contributed by atoms with E-state index in [0.29, 0.717) is 0 Å². The average Bonchev–Trinajstić information content (AvgIpc) is 3.00. The first kappa shape index (κ1) is 23.0. The Kier molecular flexibility index (Phi) is 6.82. The summed E-state index contributed by atoms with van der Waals surface area (Å²) >= 11 is 0. The van der Waals surface area contributed by atoms with Crippen LogP contribution in [0.1, 0.15) is 5.56 Å². The lowest BCUT2D eigenvalue weighted by Crippen LogP contribution is -2.50. The van der Waals surface area contributed by atoms with Crippen molar-refractivity contribution in [3.05, 3.63) is 59.3 Å². The second kappa shape index (κ2) is 8.61. The molecule has 0 spiro atoms. The van der Waals surface area contributed by atoms with Gasteiger partial charge in [-0.3, -0.25) is 0 Å². The Bertz CT molecular complexity index is 1030. The maximum absolute atomic E-state index is 13.8. The molecular weight excluding hydrogens is 423 g/mol. The number of nitrogens with zero attached hydrogens (tertiary/aromatic N) is 3. The predicted molar refractivity (Wildman–Crippen MR) is 106 cm³/mol. The zero-order chi connectivity index (χ0) is 20.5. The Labute approximate surface area is 174 Å². The van der Waals surface area contributed by atoms with Crippen molar-refractivity contribution in [1.29, 1.82) is 0 Å². The average molecular weight is 443 g/mol. The van der Waals surface area contributed by atoms with Crippen LogP contribution < -0.4 is 10.5 Å². The fraction of sp³-hybridized carbons (Fsp3) is 0.333. The van der Waals surface area contributed by atoms with Gasteiger partial charge < -0.3 is 15.6 Å². The molecule has 1 saturated heterocycles. The highest BCUT2D eigenvalue weighted by atomic mass is 35.5. The zero-order valence-electron chi connectivity index (χ0n) is 15.4. The molecule has 2 atom stereocenters. The van der Waals surface area contributed by atoms with Gasteiger partial charge in [-0.1, -0.05) is 6.07 Å². The summed E-state index contributed by atoms with van der Waals surface area (Å²) in [6.07, 6.45) is 0.421. The number of hydrogen-bond acceptors (Lipinski definition) is 6. The topological polar surface area (TPSA) is 110 Å². The molecule has 1 aromatic heterocycles. The van der Waals surface area contributed by atoms with Gasteiger partial charge in [-0.25, -0.2) is 22.6 Å². The summed E-state index contributed by atoms with van der Waals surface area (Å²) in [5.74, 6) is -0.704. The van der Waals surface area contributed by atoms with Crippen LogP contribution in [0.2, 0.25) is 0 Å². The van der Waals surface area contributed by atoms with Crippen LogP contribution in [0.5, 0.6) is 5.75 Å². The van der Waals surface area contributed by atoms with Crippen LogP contribution in [0.4, 0.5) is 10.1 Å². The molecule has 1 fully saturated rings. The van der Waals surface area contributed by atoms with Crippen molar-refractivity contribution in [2.75, 3.05) is 19.6 Å². The molecular formula is C18H20ClFN4O4S. The molecule has 1 aliphatic rings. The number of rotatable bonds is 5. The van der Waals surface area contributed by atoms with Crippen molar-refractivity contribution in [3.8, 4) is 5.75 Å². The second-order valence-corrected chi connectivity index (χ2v) is 8.50. The maximum Gasteiger partial charge on any atom is 0.260 e. The highest BCUT2D eigenvalue weighted by Crippen LogP contribution is 2.31. The van der Waals surface area contributed by atoms with Crippen LogP contribution >= 0.6 is 12.4 Å². The standard InChI is InChI=1S/C18H19FN4O4S.ClH/c1-12-3-6-17(22-8-12)28(25,26)23-9-16(18(24,10-20)11-23)27-13-4-5-15(21-2)14(19)7-13;/h3-8,16,24H,9-11,20H2,1H3;1H/t16-,18-;/m0./s1. The lowest BCUT2D eigenvalue weighted by Gasteiger charge is -2.27. The lowest BCUT2D eigenvalue weighted by molar-refractivity contribution is -0.0200. The molecule has 1 aromatic carbocycles. The number of aryl methyl sites for hydroxylation is 1. The maximum atomic E-state index is 13.8. The van der Waals surface area contributed by atoms with Gasteiger partial charge in [-0.05, 0) is 30.7 Å². The third-order valence-electron chi connectivity index (χ3n) is 4.58. The Morgan fingerprint density at radius 1 is 1.45 bits per heavy atom. The third kappa shape index (κ3) is 4.49. The van der Waals surface area contributed by atoms with Gasteiger partial charge in [-0.2, -0.15) is 4.31 Å². The van der Waals surface area contributed by atoms with Crippen LogP contribution in [0.25, 0.3) is 4.85 Å². The Morgan fingerprint density at radius 2 is 2.17 bits per heavy atom. The summed E-state index contributed by atoms with van der Waals surface area (Å²) in [6, 6.07) is 6.66. The third-order valence-corrected chi connectivity index (χ3v) is 6.31. The highest BCUT2D eigenvalue weighted by molar-refractivity contribution is 7.89. The van der Waals surface area contributed by atoms with Crippen LogP contribution in [-0.2, 0) is 10.0 Å². The lowest BCUT2D eigenvalue weighted by atomic mass is 10.0. The summed E-state index contributed by atoms with van der Waals surface area (Å²) in [6.45, 7) is 7.93. The number of sulfonamides is 1. The van der Waals surface area contributed by atoms with E-state index in [0.717, 1.165) is 15.9 Å². The molecule has 0 saturated carbocycles. The number of pyridine rings is 1. The van der Waals surface area contributed by atoms with Gasteiger partial charge in [0.25, 0.3) is 10.0 Å². The van der Waals surface area contributed by atoms with Crippen LogP contribution in [-0.4, -0.2) is 54.2 Å². The smallest absolute Gasteiger partial charge is 0.260 e. The molecule has 0 aliphatic carbocycles.